The minimum Gasteiger partial charge on any atom is -0.483 e. The second-order valence-corrected chi connectivity index (χ2v) is 17.8. The fourth-order valence-electron chi connectivity index (χ4n) is 8.93. The van der Waals surface area contributed by atoms with E-state index in [1.807, 2.05) is 52.9 Å². The smallest absolute Gasteiger partial charge is 0.293 e. The van der Waals surface area contributed by atoms with Crippen molar-refractivity contribution < 1.29 is 28.8 Å². The highest BCUT2D eigenvalue weighted by Crippen LogP contribution is 2.41. The molecule has 3 aliphatic rings. The number of rotatable bonds is 9. The molecule has 15 heteroatoms. The van der Waals surface area contributed by atoms with Gasteiger partial charge in [-0.2, -0.15) is 10.1 Å². The van der Waals surface area contributed by atoms with Gasteiger partial charge in [0.05, 0.1) is 12.0 Å². The highest BCUT2D eigenvalue weighted by atomic mass is 16.5. The van der Waals surface area contributed by atoms with Crippen molar-refractivity contribution >= 4 is 40.9 Å². The number of carbonyl (C=O) groups is 4. The molecule has 3 amide bonds. The first-order valence-electron chi connectivity index (χ1n) is 21.5. The molecule has 2 saturated heterocycles. The average molecular weight is 852 g/mol. The lowest BCUT2D eigenvalue weighted by molar-refractivity contribution is -0.134. The number of aromatic amines is 1. The first-order chi connectivity index (χ1) is 30.3. The Balaban J connectivity index is 0.00000177. The zero-order valence-corrected chi connectivity index (χ0v) is 36.2. The maximum absolute atomic E-state index is 12.9. The maximum atomic E-state index is 12.9. The number of piperazine rings is 1. The number of imide groups is 1. The number of pyridine rings is 1. The number of nitrogens with zero attached hydrogens (tertiary/aromatic N) is 6. The molecule has 2 atom stereocenters. The van der Waals surface area contributed by atoms with Crippen LogP contribution < -0.4 is 15.5 Å². The molecule has 6 aromatic rings. The lowest BCUT2D eigenvalue weighted by Crippen LogP contribution is -2.53. The zero-order valence-electron chi connectivity index (χ0n) is 36.2. The molecule has 5 heterocycles. The molecule has 0 bridgehead atoms. The first-order valence-corrected chi connectivity index (χ1v) is 21.5. The molecule has 3 aromatic carbocycles. The number of amides is 3. The van der Waals surface area contributed by atoms with Gasteiger partial charge in [-0.15, -0.1) is 0 Å². The molecule has 4 N–H and O–H groups in total. The number of H-pyrrole nitrogens is 1. The number of hydrogen-bond acceptors (Lipinski definition) is 11. The summed E-state index contributed by atoms with van der Waals surface area (Å²) in [6, 6.07) is 25.9. The van der Waals surface area contributed by atoms with Crippen molar-refractivity contribution in [3.05, 3.63) is 113 Å². The van der Waals surface area contributed by atoms with Gasteiger partial charge in [-0.05, 0) is 91.1 Å². The number of fused-ring (bicyclic) bond motifs is 1. The van der Waals surface area contributed by atoms with E-state index in [2.05, 4.69) is 101 Å². The first kappa shape index (κ1) is 42.9. The normalized spacial score (nSPS) is 19.7. The van der Waals surface area contributed by atoms with E-state index >= 15 is 0 Å². The summed E-state index contributed by atoms with van der Waals surface area (Å²) < 4.78 is 5.31. The molecule has 63 heavy (non-hydrogen) atoms. The van der Waals surface area contributed by atoms with Crippen molar-refractivity contribution in [1.82, 2.24) is 40.9 Å². The van der Waals surface area contributed by atoms with Crippen LogP contribution >= 0.6 is 0 Å². The van der Waals surface area contributed by atoms with Gasteiger partial charge in [-0.1, -0.05) is 74.5 Å². The second kappa shape index (κ2) is 17.9. The molecule has 1 saturated carbocycles. The van der Waals surface area contributed by atoms with E-state index in [0.717, 1.165) is 89.1 Å². The van der Waals surface area contributed by atoms with Crippen molar-refractivity contribution in [2.45, 2.75) is 89.6 Å². The minimum atomic E-state index is -0.383. The van der Waals surface area contributed by atoms with Gasteiger partial charge in [-0.25, -0.2) is 4.98 Å². The van der Waals surface area contributed by atoms with Gasteiger partial charge < -0.3 is 19.8 Å². The Bertz CT molecular complexity index is 2620. The van der Waals surface area contributed by atoms with E-state index in [9.17, 15) is 14.4 Å². The predicted octanol–water partition coefficient (Wildman–Crippen LogP) is 7.06. The van der Waals surface area contributed by atoms with E-state index in [4.69, 9.17) is 19.4 Å². The highest BCUT2D eigenvalue weighted by molar-refractivity contribution is 6.01. The summed E-state index contributed by atoms with van der Waals surface area (Å²) in [6.07, 6.45) is 5.20. The van der Waals surface area contributed by atoms with Crippen LogP contribution in [0.15, 0.2) is 83.5 Å². The van der Waals surface area contributed by atoms with Crippen LogP contribution in [0.5, 0.6) is 0 Å². The van der Waals surface area contributed by atoms with Gasteiger partial charge in [0, 0.05) is 72.5 Å². The van der Waals surface area contributed by atoms with Crippen LogP contribution in [0.25, 0.3) is 33.4 Å². The van der Waals surface area contributed by atoms with Gasteiger partial charge in [0.2, 0.25) is 17.7 Å². The van der Waals surface area contributed by atoms with Crippen molar-refractivity contribution in [1.29, 1.82) is 0 Å². The van der Waals surface area contributed by atoms with Gasteiger partial charge in [-0.3, -0.25) is 34.5 Å². The van der Waals surface area contributed by atoms with E-state index in [-0.39, 0.29) is 47.4 Å². The molecular formula is C48H53N9O6. The molecule has 2 aliphatic heterocycles. The Kier molecular flexibility index (Phi) is 12.2. The number of nitrogens with one attached hydrogen (secondary N) is 3. The number of aryl methyl sites for hydroxylation is 1. The van der Waals surface area contributed by atoms with Gasteiger partial charge in [0.1, 0.15) is 5.69 Å². The Labute approximate surface area is 365 Å². The molecule has 2 unspecified atom stereocenters. The van der Waals surface area contributed by atoms with E-state index in [1.165, 1.54) is 11.3 Å². The second-order valence-electron chi connectivity index (χ2n) is 17.8. The quantitative estimate of drug-likeness (QED) is 0.0854. The van der Waals surface area contributed by atoms with Crippen molar-refractivity contribution in [2.24, 2.45) is 0 Å². The number of carboxylic acid groups (broad SMARTS) is 1. The molecule has 15 nitrogen and oxygen atoms in total. The van der Waals surface area contributed by atoms with Gasteiger partial charge in [0.25, 0.3) is 18.2 Å². The lowest BCUT2D eigenvalue weighted by Gasteiger charge is -2.47. The van der Waals surface area contributed by atoms with Crippen LogP contribution in [-0.2, 0) is 19.8 Å². The van der Waals surface area contributed by atoms with Crippen molar-refractivity contribution in [3.8, 4) is 22.4 Å². The average Bonchev–Trinajstić information content (AvgIpc) is 3.93. The summed E-state index contributed by atoms with van der Waals surface area (Å²) in [6.45, 7) is 13.7. The zero-order chi connectivity index (χ0) is 44.4. The third-order valence-corrected chi connectivity index (χ3v) is 12.6. The maximum Gasteiger partial charge on any atom is 0.293 e. The largest absolute Gasteiger partial charge is 0.483 e. The molecule has 9 rings (SSSR count). The SMILES string of the molecule is Cc1cc(-c2n[nH]c3ncc(-c4ccc(N5CCN(C6CC(c7ccc(C8CCC(=O)NC8=O)cc7)C6)CC5)cc4)cc23)ccc1C(C)NC(=O)c1noc(C(C)(C)C)n1.O=CO. The number of carbonyl (C=O) groups excluding carboxylic acids is 3. The third-order valence-electron chi connectivity index (χ3n) is 12.6. The summed E-state index contributed by atoms with van der Waals surface area (Å²) in [5, 5.41) is 25.0. The standard InChI is InChI=1S/C47H51N9O4.CH2O2/c1-27-22-32(12-15-37(27)28(2)49-45(59)43-51-46(60-54-43)47(3,4)5)41-39-25-34(26-48-42(39)53-52-41)30-10-13-35(14-11-30)55-18-20-56(21-19-55)36-23-33(24-36)29-6-8-31(9-7-29)38-16-17-40(57)50-44(38)58;2-1-3/h6-15,22,25-26,28,33,36,38H,16-21,23-24H2,1-5H3,(H,49,59)(H,48,52,53)(H,50,57,58);1H,(H,2,3). The molecule has 3 aromatic heterocycles. The number of benzene rings is 3. The Morgan fingerprint density at radius 2 is 1.62 bits per heavy atom. The molecule has 0 spiro atoms. The van der Waals surface area contributed by atoms with Gasteiger partial charge in [0.15, 0.2) is 5.65 Å². The third kappa shape index (κ3) is 9.24. The van der Waals surface area contributed by atoms with Crippen LogP contribution in [0.4, 0.5) is 5.69 Å². The fraction of sp³-hybridized carbons (Fsp3) is 0.375. The van der Waals surface area contributed by atoms with E-state index in [1.54, 1.807) is 0 Å². The monoisotopic (exact) mass is 851 g/mol. The predicted molar refractivity (Wildman–Crippen MR) is 238 cm³/mol. The summed E-state index contributed by atoms with van der Waals surface area (Å²) in [4.78, 5) is 59.3. The lowest BCUT2D eigenvalue weighted by atomic mass is 9.74. The number of anilines is 1. The number of piperidine rings is 1. The summed E-state index contributed by atoms with van der Waals surface area (Å²) >= 11 is 0. The van der Waals surface area contributed by atoms with Crippen LogP contribution in [0.3, 0.4) is 0 Å². The minimum absolute atomic E-state index is 0.0231. The van der Waals surface area contributed by atoms with E-state index in [0.29, 0.717) is 30.7 Å². The Morgan fingerprint density at radius 1 is 0.937 bits per heavy atom. The molecule has 0 radical (unpaired) electrons. The highest BCUT2D eigenvalue weighted by Gasteiger charge is 2.36. The van der Waals surface area contributed by atoms with Crippen LogP contribution in [0.1, 0.15) is 110 Å². The van der Waals surface area contributed by atoms with Crippen molar-refractivity contribution in [2.75, 3.05) is 31.1 Å². The topological polar surface area (TPSA) is 200 Å². The molecule has 3 fully saturated rings. The summed E-state index contributed by atoms with van der Waals surface area (Å²) in [5.41, 5.74) is 9.85. The summed E-state index contributed by atoms with van der Waals surface area (Å²) in [7, 11) is 0. The van der Waals surface area contributed by atoms with Gasteiger partial charge >= 0.3 is 0 Å². The van der Waals surface area contributed by atoms with Crippen LogP contribution in [0.2, 0.25) is 0 Å². The van der Waals surface area contributed by atoms with E-state index < -0.39 is 0 Å². The summed E-state index contributed by atoms with van der Waals surface area (Å²) in [5.74, 6) is 0.0240. The van der Waals surface area contributed by atoms with Crippen LogP contribution in [-0.4, -0.2) is 91.7 Å². The molecule has 1 aliphatic carbocycles. The Hall–Kier alpha value is -6.74. The van der Waals surface area contributed by atoms with Crippen LogP contribution in [0, 0.1) is 6.92 Å². The molecular weight excluding hydrogens is 799 g/mol. The van der Waals surface area contributed by atoms with Crippen molar-refractivity contribution in [3.63, 3.8) is 0 Å². The fourth-order valence-corrected chi connectivity index (χ4v) is 8.93. The Morgan fingerprint density at radius 3 is 2.27 bits per heavy atom. The number of aromatic nitrogens is 5. The molecule has 326 valence electrons. The number of hydrogen-bond donors (Lipinski definition) is 4.